The van der Waals surface area contributed by atoms with E-state index in [4.69, 9.17) is 15.9 Å². The molecule has 0 aromatic heterocycles. The third-order valence-corrected chi connectivity index (χ3v) is 2.65. The second-order valence-electron chi connectivity index (χ2n) is 4.13. The molecule has 1 aromatic rings. The van der Waals surface area contributed by atoms with Crippen LogP contribution in [0.4, 0.5) is 10.5 Å². The lowest BCUT2D eigenvalue weighted by Gasteiger charge is -2.17. The van der Waals surface area contributed by atoms with Gasteiger partial charge < -0.3 is 21.1 Å². The molecule has 19 heavy (non-hydrogen) atoms. The summed E-state index contributed by atoms with van der Waals surface area (Å²) in [7, 11) is 1.54. The van der Waals surface area contributed by atoms with Gasteiger partial charge in [0.1, 0.15) is 5.75 Å². The zero-order valence-electron chi connectivity index (χ0n) is 11.2. The molecule has 1 atom stereocenters. The maximum absolute atomic E-state index is 11.8. The molecule has 0 aliphatic carbocycles. The summed E-state index contributed by atoms with van der Waals surface area (Å²) in [6.45, 7) is 1.93. The first kappa shape index (κ1) is 14.8. The summed E-state index contributed by atoms with van der Waals surface area (Å²) in [5.41, 5.74) is 5.93. The van der Waals surface area contributed by atoms with Crippen LogP contribution in [-0.4, -0.2) is 25.0 Å². The Kier molecular flexibility index (Phi) is 5.66. The van der Waals surface area contributed by atoms with E-state index in [9.17, 15) is 4.79 Å². The fraction of sp³-hybridized carbons (Fsp3) is 0.385. The summed E-state index contributed by atoms with van der Waals surface area (Å²) in [6.07, 6.45) is 1.05. The first-order valence-corrected chi connectivity index (χ1v) is 6.10. The van der Waals surface area contributed by atoms with Crippen LogP contribution in [0.25, 0.3) is 0 Å². The molecule has 0 saturated carbocycles. The van der Waals surface area contributed by atoms with E-state index in [-0.39, 0.29) is 17.9 Å². The lowest BCUT2D eigenvalue weighted by Crippen LogP contribution is -2.39. The van der Waals surface area contributed by atoms with Crippen LogP contribution in [0.3, 0.4) is 0 Å². The summed E-state index contributed by atoms with van der Waals surface area (Å²) in [5, 5.41) is 12.7. The Balaban J connectivity index is 2.61. The van der Waals surface area contributed by atoms with E-state index in [1.165, 1.54) is 0 Å². The van der Waals surface area contributed by atoms with Crippen LogP contribution in [-0.2, 0) is 0 Å². The van der Waals surface area contributed by atoms with Crippen molar-refractivity contribution in [3.63, 3.8) is 0 Å². The number of hydrogen-bond donors (Lipinski definition) is 4. The number of amides is 2. The number of methoxy groups -OCH3 is 1. The Hall–Kier alpha value is -2.24. The minimum absolute atomic E-state index is 0.0597. The van der Waals surface area contributed by atoms with Crippen LogP contribution in [0.5, 0.6) is 5.75 Å². The summed E-state index contributed by atoms with van der Waals surface area (Å²) in [4.78, 5) is 11.8. The van der Waals surface area contributed by atoms with E-state index in [0.717, 1.165) is 0 Å². The second-order valence-corrected chi connectivity index (χ2v) is 4.13. The van der Waals surface area contributed by atoms with Crippen LogP contribution >= 0.6 is 0 Å². The highest BCUT2D eigenvalue weighted by Crippen LogP contribution is 2.22. The predicted octanol–water partition coefficient (Wildman–Crippen LogP) is 1.92. The maximum atomic E-state index is 11.8. The fourth-order valence-electron chi connectivity index (χ4n) is 1.65. The van der Waals surface area contributed by atoms with Gasteiger partial charge in [-0.25, -0.2) is 4.79 Å². The average Bonchev–Trinajstić information content (AvgIpc) is 2.38. The predicted molar refractivity (Wildman–Crippen MR) is 75.8 cm³/mol. The number of para-hydroxylation sites is 2. The number of carbonyl (C=O) groups excluding carboxylic acids is 1. The van der Waals surface area contributed by atoms with Gasteiger partial charge in [-0.15, -0.1) is 0 Å². The molecular weight excluding hydrogens is 244 g/mol. The molecule has 1 rings (SSSR count). The summed E-state index contributed by atoms with van der Waals surface area (Å²) in [6, 6.07) is 6.68. The Morgan fingerprint density at radius 2 is 2.16 bits per heavy atom. The van der Waals surface area contributed by atoms with Gasteiger partial charge in [0.15, 0.2) is 0 Å². The van der Waals surface area contributed by atoms with Crippen LogP contribution in [0, 0.1) is 5.41 Å². The SMILES string of the molecule is CCC(CC(=N)N)NC(=O)Nc1ccccc1OC. The number of urea groups is 1. The number of nitrogens with one attached hydrogen (secondary N) is 3. The number of carbonyl (C=O) groups is 1. The first-order chi connectivity index (χ1) is 9.06. The number of benzene rings is 1. The van der Waals surface area contributed by atoms with Crippen molar-refractivity contribution >= 4 is 17.6 Å². The number of nitrogens with two attached hydrogens (primary N) is 1. The van der Waals surface area contributed by atoms with E-state index in [0.29, 0.717) is 24.3 Å². The molecule has 0 heterocycles. The van der Waals surface area contributed by atoms with E-state index in [1.54, 1.807) is 19.2 Å². The van der Waals surface area contributed by atoms with E-state index < -0.39 is 0 Å². The summed E-state index contributed by atoms with van der Waals surface area (Å²) >= 11 is 0. The molecule has 2 amide bonds. The number of rotatable bonds is 6. The fourth-order valence-corrected chi connectivity index (χ4v) is 1.65. The van der Waals surface area contributed by atoms with Gasteiger partial charge in [-0.05, 0) is 18.6 Å². The smallest absolute Gasteiger partial charge is 0.319 e. The topological polar surface area (TPSA) is 100 Å². The van der Waals surface area contributed by atoms with Gasteiger partial charge in [0.2, 0.25) is 0 Å². The molecule has 1 unspecified atom stereocenters. The van der Waals surface area contributed by atoms with Gasteiger partial charge in [-0.1, -0.05) is 19.1 Å². The molecule has 0 saturated heterocycles. The number of hydrogen-bond acceptors (Lipinski definition) is 3. The third-order valence-electron chi connectivity index (χ3n) is 2.65. The van der Waals surface area contributed by atoms with Crippen molar-refractivity contribution in [2.45, 2.75) is 25.8 Å². The number of anilines is 1. The molecule has 6 heteroatoms. The average molecular weight is 264 g/mol. The highest BCUT2D eigenvalue weighted by Gasteiger charge is 2.12. The van der Waals surface area contributed by atoms with Crippen molar-refractivity contribution in [1.82, 2.24) is 5.32 Å². The third kappa shape index (κ3) is 4.87. The molecular formula is C13H20N4O2. The molecule has 0 aliphatic rings. The van der Waals surface area contributed by atoms with Crippen LogP contribution in [0.2, 0.25) is 0 Å². The van der Waals surface area contributed by atoms with Gasteiger partial charge in [-0.2, -0.15) is 0 Å². The van der Waals surface area contributed by atoms with Crippen LogP contribution in [0.1, 0.15) is 19.8 Å². The van der Waals surface area contributed by atoms with Crippen molar-refractivity contribution in [3.8, 4) is 5.75 Å². The largest absolute Gasteiger partial charge is 0.495 e. The maximum Gasteiger partial charge on any atom is 0.319 e. The van der Waals surface area contributed by atoms with Gasteiger partial charge in [0, 0.05) is 12.5 Å². The zero-order valence-corrected chi connectivity index (χ0v) is 11.2. The van der Waals surface area contributed by atoms with Crippen LogP contribution in [0.15, 0.2) is 24.3 Å². The Morgan fingerprint density at radius 3 is 2.74 bits per heavy atom. The summed E-state index contributed by atoms with van der Waals surface area (Å²) in [5.74, 6) is 0.654. The van der Waals surface area contributed by atoms with Crippen molar-refractivity contribution in [3.05, 3.63) is 24.3 Å². The van der Waals surface area contributed by atoms with E-state index >= 15 is 0 Å². The van der Waals surface area contributed by atoms with Gasteiger partial charge in [0.25, 0.3) is 0 Å². The van der Waals surface area contributed by atoms with Gasteiger partial charge in [-0.3, -0.25) is 5.41 Å². The lowest BCUT2D eigenvalue weighted by molar-refractivity contribution is 0.248. The molecule has 0 fully saturated rings. The van der Waals surface area contributed by atoms with Crippen molar-refractivity contribution in [1.29, 1.82) is 5.41 Å². The van der Waals surface area contributed by atoms with Crippen molar-refractivity contribution in [2.75, 3.05) is 12.4 Å². The van der Waals surface area contributed by atoms with Crippen molar-refractivity contribution in [2.24, 2.45) is 5.73 Å². The summed E-state index contributed by atoms with van der Waals surface area (Å²) < 4.78 is 5.15. The highest BCUT2D eigenvalue weighted by molar-refractivity contribution is 5.91. The monoisotopic (exact) mass is 264 g/mol. The van der Waals surface area contributed by atoms with Crippen molar-refractivity contribution < 1.29 is 9.53 Å². The number of ether oxygens (including phenoxy) is 1. The lowest BCUT2D eigenvalue weighted by atomic mass is 10.1. The molecule has 1 aromatic carbocycles. The minimum Gasteiger partial charge on any atom is -0.495 e. The molecule has 0 bridgehead atoms. The molecule has 0 radical (unpaired) electrons. The quantitative estimate of drug-likeness (QED) is 0.466. The van der Waals surface area contributed by atoms with E-state index in [2.05, 4.69) is 10.6 Å². The second kappa shape index (κ2) is 7.25. The highest BCUT2D eigenvalue weighted by atomic mass is 16.5. The normalized spacial score (nSPS) is 11.5. The standard InChI is InChI=1S/C13H20N4O2/c1-3-9(8-12(14)15)16-13(18)17-10-6-4-5-7-11(10)19-2/h4-7,9H,3,8H2,1-2H3,(H3,14,15)(H2,16,17,18). The number of amidine groups is 1. The Morgan fingerprint density at radius 1 is 1.47 bits per heavy atom. The molecule has 5 N–H and O–H groups in total. The zero-order chi connectivity index (χ0) is 14.3. The van der Waals surface area contributed by atoms with Crippen LogP contribution < -0.4 is 21.1 Å². The molecule has 0 spiro atoms. The van der Waals surface area contributed by atoms with Gasteiger partial charge in [0.05, 0.1) is 18.6 Å². The molecule has 104 valence electrons. The Labute approximate surface area is 112 Å². The Bertz CT molecular complexity index is 448. The molecule has 6 nitrogen and oxygen atoms in total. The first-order valence-electron chi connectivity index (χ1n) is 6.10. The van der Waals surface area contributed by atoms with E-state index in [1.807, 2.05) is 19.1 Å². The minimum atomic E-state index is -0.336. The van der Waals surface area contributed by atoms with Gasteiger partial charge >= 0.3 is 6.03 Å². The molecule has 0 aliphatic heterocycles.